The van der Waals surface area contributed by atoms with Crippen molar-refractivity contribution in [1.29, 1.82) is 0 Å². The van der Waals surface area contributed by atoms with Crippen LogP contribution in [0, 0.1) is 0 Å². The number of hydrogen-bond donors (Lipinski definition) is 0. The number of piperazine rings is 1. The summed E-state index contributed by atoms with van der Waals surface area (Å²) in [5, 5.41) is 0.908. The van der Waals surface area contributed by atoms with Gasteiger partial charge in [-0.05, 0) is 56.5 Å². The van der Waals surface area contributed by atoms with E-state index in [4.69, 9.17) is 23.2 Å². The topological polar surface area (TPSA) is 60.9 Å². The van der Waals surface area contributed by atoms with E-state index < -0.39 is 10.0 Å². The van der Waals surface area contributed by atoms with Gasteiger partial charge in [0.25, 0.3) is 0 Å². The van der Waals surface area contributed by atoms with Gasteiger partial charge >= 0.3 is 0 Å². The van der Waals surface area contributed by atoms with E-state index in [-0.39, 0.29) is 42.9 Å². The molecule has 2 heterocycles. The van der Waals surface area contributed by atoms with Gasteiger partial charge in [0.2, 0.25) is 15.9 Å². The van der Waals surface area contributed by atoms with Crippen molar-refractivity contribution in [2.24, 2.45) is 0 Å². The summed E-state index contributed by atoms with van der Waals surface area (Å²) >= 11 is 12.1. The van der Waals surface area contributed by atoms with E-state index in [0.29, 0.717) is 23.1 Å². The molecule has 0 N–H and O–H groups in total. The van der Waals surface area contributed by atoms with Crippen molar-refractivity contribution in [2.75, 3.05) is 32.4 Å². The van der Waals surface area contributed by atoms with Crippen LogP contribution < -0.4 is 0 Å². The van der Waals surface area contributed by atoms with Gasteiger partial charge in [-0.15, -0.1) is 12.4 Å². The predicted molar refractivity (Wildman–Crippen MR) is 127 cm³/mol. The highest BCUT2D eigenvalue weighted by atomic mass is 35.5. The number of fused-ring (bicyclic) bond motifs is 1. The first-order chi connectivity index (χ1) is 14.3. The molecule has 3 atom stereocenters. The SMILES string of the molecule is CS(=O)(=O)N1CCN(C(=O)Cc2ccc(Cl)c(Cl)c2)[C@@H]2[C@@H](N3CCCC3)CCC[C@@H]21.Cl. The van der Waals surface area contributed by atoms with Crippen molar-refractivity contribution in [3.63, 3.8) is 0 Å². The van der Waals surface area contributed by atoms with E-state index in [1.807, 2.05) is 11.0 Å². The summed E-state index contributed by atoms with van der Waals surface area (Å²) in [6.45, 7) is 2.85. The van der Waals surface area contributed by atoms with Crippen LogP contribution in [-0.2, 0) is 21.2 Å². The second kappa shape index (κ2) is 10.1. The smallest absolute Gasteiger partial charge is 0.227 e. The first-order valence-corrected chi connectivity index (χ1v) is 13.3. The normalized spacial score (nSPS) is 27.6. The first-order valence-electron chi connectivity index (χ1n) is 10.7. The molecule has 2 saturated heterocycles. The third kappa shape index (κ3) is 5.33. The Morgan fingerprint density at radius 3 is 2.32 bits per heavy atom. The standard InChI is InChI=1S/C21H29Cl2N3O3S.ClH/c1-30(28,29)26-12-11-25(20(27)14-15-7-8-16(22)17(23)13-15)21-18(5-4-6-19(21)26)24-9-2-3-10-24;/h7-8,13,18-19,21H,2-6,9-12,14H2,1H3;1H/t18-,19-,21+;/m0./s1. The number of benzene rings is 1. The van der Waals surface area contributed by atoms with Gasteiger partial charge < -0.3 is 4.90 Å². The van der Waals surface area contributed by atoms with Gasteiger partial charge in [0.1, 0.15) is 0 Å². The molecule has 1 amide bonds. The average molecular weight is 511 g/mol. The Balaban J connectivity index is 0.00000272. The fraction of sp³-hybridized carbons (Fsp3) is 0.667. The van der Waals surface area contributed by atoms with Crippen LogP contribution >= 0.6 is 35.6 Å². The number of rotatable bonds is 4. The highest BCUT2D eigenvalue weighted by Gasteiger charge is 2.49. The van der Waals surface area contributed by atoms with Gasteiger partial charge in [0, 0.05) is 25.2 Å². The third-order valence-corrected chi connectivity index (χ3v) is 8.82. The Morgan fingerprint density at radius 1 is 1.00 bits per heavy atom. The van der Waals surface area contributed by atoms with E-state index in [9.17, 15) is 13.2 Å². The molecular formula is C21H30Cl3N3O3S. The lowest BCUT2D eigenvalue weighted by Crippen LogP contribution is -2.69. The van der Waals surface area contributed by atoms with Gasteiger partial charge in [0.15, 0.2) is 0 Å². The van der Waals surface area contributed by atoms with Crippen molar-refractivity contribution in [1.82, 2.24) is 14.1 Å². The maximum absolute atomic E-state index is 13.4. The Labute approximate surface area is 201 Å². The molecule has 1 aromatic carbocycles. The summed E-state index contributed by atoms with van der Waals surface area (Å²) in [6, 6.07) is 5.25. The highest BCUT2D eigenvalue weighted by molar-refractivity contribution is 7.88. The van der Waals surface area contributed by atoms with Crippen LogP contribution in [0.1, 0.15) is 37.7 Å². The zero-order valence-corrected chi connectivity index (χ0v) is 20.8. The molecule has 174 valence electrons. The van der Waals surface area contributed by atoms with Crippen LogP contribution in [0.2, 0.25) is 10.0 Å². The van der Waals surface area contributed by atoms with Crippen molar-refractivity contribution in [3.05, 3.63) is 33.8 Å². The Kier molecular flexibility index (Phi) is 8.20. The zero-order valence-electron chi connectivity index (χ0n) is 17.7. The molecule has 0 radical (unpaired) electrons. The zero-order chi connectivity index (χ0) is 21.5. The van der Waals surface area contributed by atoms with Crippen LogP contribution in [0.25, 0.3) is 0 Å². The van der Waals surface area contributed by atoms with Gasteiger partial charge in [-0.3, -0.25) is 9.69 Å². The largest absolute Gasteiger partial charge is 0.335 e. The fourth-order valence-electron chi connectivity index (χ4n) is 5.49. The van der Waals surface area contributed by atoms with Crippen molar-refractivity contribution in [3.8, 4) is 0 Å². The second-order valence-electron chi connectivity index (χ2n) is 8.69. The Bertz CT molecular complexity index is 908. The molecule has 4 rings (SSSR count). The van der Waals surface area contributed by atoms with Crippen molar-refractivity contribution in [2.45, 2.75) is 56.7 Å². The molecule has 0 bridgehead atoms. The number of sulfonamides is 1. The lowest BCUT2D eigenvalue weighted by molar-refractivity contribution is -0.140. The maximum Gasteiger partial charge on any atom is 0.227 e. The number of amides is 1. The predicted octanol–water partition coefficient (Wildman–Crippen LogP) is 3.45. The molecule has 3 aliphatic rings. The molecule has 2 aliphatic heterocycles. The first kappa shape index (κ1) is 25.1. The van der Waals surface area contributed by atoms with Crippen molar-refractivity contribution < 1.29 is 13.2 Å². The van der Waals surface area contributed by atoms with Gasteiger partial charge in [0.05, 0.1) is 28.8 Å². The summed E-state index contributed by atoms with van der Waals surface area (Å²) in [4.78, 5) is 17.8. The molecule has 0 spiro atoms. The summed E-state index contributed by atoms with van der Waals surface area (Å²) in [6.07, 6.45) is 6.67. The lowest BCUT2D eigenvalue weighted by Gasteiger charge is -2.53. The second-order valence-corrected chi connectivity index (χ2v) is 11.4. The van der Waals surface area contributed by atoms with E-state index in [0.717, 1.165) is 37.9 Å². The summed E-state index contributed by atoms with van der Waals surface area (Å²) in [5.41, 5.74) is 0.824. The molecule has 6 nitrogen and oxygen atoms in total. The Hall–Kier alpha value is -0.570. The molecule has 31 heavy (non-hydrogen) atoms. The van der Waals surface area contributed by atoms with Gasteiger partial charge in [-0.25, -0.2) is 8.42 Å². The van der Waals surface area contributed by atoms with Crippen molar-refractivity contribution >= 4 is 51.5 Å². The van der Waals surface area contributed by atoms with Gasteiger partial charge in [-0.2, -0.15) is 4.31 Å². The number of carbonyl (C=O) groups excluding carboxylic acids is 1. The van der Waals surface area contributed by atoms with Crippen LogP contribution in [0.3, 0.4) is 0 Å². The minimum Gasteiger partial charge on any atom is -0.335 e. The number of hydrogen-bond acceptors (Lipinski definition) is 4. The van der Waals surface area contributed by atoms with Crippen LogP contribution in [0.15, 0.2) is 18.2 Å². The summed E-state index contributed by atoms with van der Waals surface area (Å²) in [7, 11) is -3.32. The molecule has 1 aliphatic carbocycles. The van der Waals surface area contributed by atoms with E-state index >= 15 is 0 Å². The fourth-order valence-corrected chi connectivity index (χ4v) is 6.94. The summed E-state index contributed by atoms with van der Waals surface area (Å²) in [5.74, 6) is 0.0302. The molecule has 3 fully saturated rings. The number of likely N-dealkylation sites (tertiary alicyclic amines) is 1. The molecule has 0 aromatic heterocycles. The Morgan fingerprint density at radius 2 is 1.68 bits per heavy atom. The average Bonchev–Trinajstić information content (AvgIpc) is 3.23. The minimum atomic E-state index is -3.32. The third-order valence-electron chi connectivity index (χ3n) is 6.77. The number of nitrogens with zero attached hydrogens (tertiary/aromatic N) is 3. The monoisotopic (exact) mass is 509 g/mol. The van der Waals surface area contributed by atoms with Crippen LogP contribution in [0.5, 0.6) is 0 Å². The highest BCUT2D eigenvalue weighted by Crippen LogP contribution is 2.36. The van der Waals surface area contributed by atoms with E-state index in [1.54, 1.807) is 16.4 Å². The minimum absolute atomic E-state index is 0. The molecule has 0 unspecified atom stereocenters. The quantitative estimate of drug-likeness (QED) is 0.622. The molecule has 1 aromatic rings. The number of halogens is 3. The number of carbonyl (C=O) groups is 1. The maximum atomic E-state index is 13.4. The van der Waals surface area contributed by atoms with E-state index in [1.165, 1.54) is 19.1 Å². The molecule has 1 saturated carbocycles. The molecular weight excluding hydrogens is 481 g/mol. The van der Waals surface area contributed by atoms with E-state index in [2.05, 4.69) is 4.90 Å². The van der Waals surface area contributed by atoms with Gasteiger partial charge in [-0.1, -0.05) is 35.7 Å². The summed E-state index contributed by atoms with van der Waals surface area (Å²) < 4.78 is 26.6. The molecule has 10 heteroatoms. The van der Waals surface area contributed by atoms with Crippen LogP contribution in [0.4, 0.5) is 0 Å². The lowest BCUT2D eigenvalue weighted by atomic mass is 9.82. The van der Waals surface area contributed by atoms with Crippen LogP contribution in [-0.4, -0.2) is 79.0 Å².